The lowest BCUT2D eigenvalue weighted by atomic mass is 10.2. The van der Waals surface area contributed by atoms with Crippen molar-refractivity contribution < 1.29 is 18.7 Å². The first-order valence-electron chi connectivity index (χ1n) is 9.39. The summed E-state index contributed by atoms with van der Waals surface area (Å²) in [6, 6.07) is 11.0. The number of hydrogen-bond acceptors (Lipinski definition) is 7. The van der Waals surface area contributed by atoms with Gasteiger partial charge in [-0.25, -0.2) is 0 Å². The standard InChI is InChI=1S/C21H24ClN5O4.HI/c1-23-21(24-11-13-8-16(28-2)19(30-4)17(9-13)29-3)25-12-18-26-20(27-31-18)14-6-5-7-15(22)10-14;/h5-10H,11-12H2,1-4H3,(H2,23,24,25);1H. The number of ether oxygens (including phenoxy) is 3. The summed E-state index contributed by atoms with van der Waals surface area (Å²) in [5, 5.41) is 11.0. The van der Waals surface area contributed by atoms with Crippen LogP contribution in [0.25, 0.3) is 11.4 Å². The lowest BCUT2D eigenvalue weighted by molar-refractivity contribution is 0.323. The van der Waals surface area contributed by atoms with Crippen molar-refractivity contribution in [3.63, 3.8) is 0 Å². The van der Waals surface area contributed by atoms with Crippen LogP contribution in [-0.2, 0) is 13.1 Å². The van der Waals surface area contributed by atoms with Gasteiger partial charge in [0.15, 0.2) is 17.5 Å². The van der Waals surface area contributed by atoms with E-state index in [9.17, 15) is 0 Å². The molecule has 0 bridgehead atoms. The van der Waals surface area contributed by atoms with Crippen LogP contribution in [-0.4, -0.2) is 44.5 Å². The normalized spacial score (nSPS) is 10.8. The Labute approximate surface area is 208 Å². The molecule has 9 nitrogen and oxygen atoms in total. The molecule has 2 N–H and O–H groups in total. The molecule has 0 atom stereocenters. The number of nitrogens with one attached hydrogen (secondary N) is 2. The zero-order valence-electron chi connectivity index (χ0n) is 18.1. The van der Waals surface area contributed by atoms with E-state index in [0.29, 0.717) is 53.0 Å². The van der Waals surface area contributed by atoms with Crippen LogP contribution in [0.1, 0.15) is 11.5 Å². The Balaban J connectivity index is 0.00000363. The van der Waals surface area contributed by atoms with Crippen LogP contribution in [0.15, 0.2) is 45.9 Å². The van der Waals surface area contributed by atoms with Crippen LogP contribution in [0.5, 0.6) is 17.2 Å². The molecule has 0 unspecified atom stereocenters. The molecular weight excluding hydrogens is 549 g/mol. The van der Waals surface area contributed by atoms with Gasteiger partial charge < -0.3 is 29.4 Å². The van der Waals surface area contributed by atoms with Crippen molar-refractivity contribution in [1.29, 1.82) is 0 Å². The molecule has 3 aromatic rings. The lowest BCUT2D eigenvalue weighted by Gasteiger charge is -2.15. The molecule has 0 saturated carbocycles. The minimum atomic E-state index is 0. The van der Waals surface area contributed by atoms with Crippen LogP contribution < -0.4 is 24.8 Å². The van der Waals surface area contributed by atoms with Gasteiger partial charge in [-0.15, -0.1) is 24.0 Å². The fraction of sp³-hybridized carbons (Fsp3) is 0.286. The Kier molecular flexibility index (Phi) is 9.85. The van der Waals surface area contributed by atoms with Crippen molar-refractivity contribution >= 4 is 41.5 Å². The molecule has 172 valence electrons. The molecule has 0 radical (unpaired) electrons. The number of methoxy groups -OCH3 is 3. The number of guanidine groups is 1. The second-order valence-electron chi connectivity index (χ2n) is 6.33. The summed E-state index contributed by atoms with van der Waals surface area (Å²) in [7, 11) is 6.41. The highest BCUT2D eigenvalue weighted by atomic mass is 127. The molecule has 0 aliphatic heterocycles. The molecule has 2 aromatic carbocycles. The quantitative estimate of drug-likeness (QED) is 0.238. The molecule has 0 fully saturated rings. The fourth-order valence-electron chi connectivity index (χ4n) is 2.87. The number of aliphatic imine (C=N–C) groups is 1. The van der Waals surface area contributed by atoms with E-state index < -0.39 is 0 Å². The van der Waals surface area contributed by atoms with E-state index in [1.165, 1.54) is 0 Å². The van der Waals surface area contributed by atoms with Gasteiger partial charge >= 0.3 is 0 Å². The summed E-state index contributed by atoms with van der Waals surface area (Å²) in [5.41, 5.74) is 1.71. The summed E-state index contributed by atoms with van der Waals surface area (Å²) >= 11 is 6.02. The van der Waals surface area contributed by atoms with E-state index in [1.807, 2.05) is 24.3 Å². The van der Waals surface area contributed by atoms with Crippen molar-refractivity contribution in [3.05, 3.63) is 52.9 Å². The molecule has 0 amide bonds. The highest BCUT2D eigenvalue weighted by molar-refractivity contribution is 14.0. The molecular formula is C21H25ClIN5O4. The van der Waals surface area contributed by atoms with Gasteiger partial charge in [0, 0.05) is 24.2 Å². The first-order chi connectivity index (χ1) is 15.1. The van der Waals surface area contributed by atoms with E-state index in [0.717, 1.165) is 11.1 Å². The maximum atomic E-state index is 6.02. The van der Waals surface area contributed by atoms with Gasteiger partial charge in [0.25, 0.3) is 0 Å². The smallest absolute Gasteiger partial charge is 0.246 e. The van der Waals surface area contributed by atoms with Crippen LogP contribution in [0.3, 0.4) is 0 Å². The van der Waals surface area contributed by atoms with E-state index >= 15 is 0 Å². The second-order valence-corrected chi connectivity index (χ2v) is 6.77. The predicted octanol–water partition coefficient (Wildman–Crippen LogP) is 3.90. The third-order valence-corrected chi connectivity index (χ3v) is 4.60. The van der Waals surface area contributed by atoms with E-state index in [2.05, 4.69) is 25.8 Å². The highest BCUT2D eigenvalue weighted by Crippen LogP contribution is 2.38. The van der Waals surface area contributed by atoms with Crippen molar-refractivity contribution in [2.24, 2.45) is 4.99 Å². The van der Waals surface area contributed by atoms with Gasteiger partial charge in [-0.3, -0.25) is 4.99 Å². The van der Waals surface area contributed by atoms with E-state index in [-0.39, 0.29) is 24.0 Å². The SMILES string of the molecule is CN=C(NCc1cc(OC)c(OC)c(OC)c1)NCc1nc(-c2cccc(Cl)c2)no1.I. The Morgan fingerprint density at radius 3 is 2.31 bits per heavy atom. The van der Waals surface area contributed by atoms with Gasteiger partial charge in [0.1, 0.15) is 0 Å². The minimum absolute atomic E-state index is 0. The zero-order chi connectivity index (χ0) is 22.2. The van der Waals surface area contributed by atoms with Crippen LogP contribution in [0, 0.1) is 0 Å². The predicted molar refractivity (Wildman–Crippen MR) is 133 cm³/mol. The Hall–Kier alpha value is -2.73. The van der Waals surface area contributed by atoms with E-state index in [4.69, 9.17) is 30.3 Å². The molecule has 3 rings (SSSR count). The third-order valence-electron chi connectivity index (χ3n) is 4.37. The van der Waals surface area contributed by atoms with Crippen LogP contribution >= 0.6 is 35.6 Å². The maximum absolute atomic E-state index is 6.02. The first kappa shape index (κ1) is 25.5. The Morgan fingerprint density at radius 1 is 1.03 bits per heavy atom. The topological polar surface area (TPSA) is 103 Å². The largest absolute Gasteiger partial charge is 0.493 e. The summed E-state index contributed by atoms with van der Waals surface area (Å²) in [6.07, 6.45) is 0. The van der Waals surface area contributed by atoms with Gasteiger partial charge in [-0.05, 0) is 29.8 Å². The zero-order valence-corrected chi connectivity index (χ0v) is 21.2. The average Bonchev–Trinajstić information content (AvgIpc) is 3.27. The van der Waals surface area contributed by atoms with Crippen LogP contribution in [0.2, 0.25) is 5.02 Å². The monoisotopic (exact) mass is 573 g/mol. The number of halogens is 2. The number of hydrogen-bond donors (Lipinski definition) is 2. The number of aromatic nitrogens is 2. The maximum Gasteiger partial charge on any atom is 0.246 e. The van der Waals surface area contributed by atoms with Gasteiger partial charge in [0.2, 0.25) is 17.5 Å². The molecule has 1 heterocycles. The molecule has 0 saturated heterocycles. The third kappa shape index (κ3) is 6.39. The van der Waals surface area contributed by atoms with Gasteiger partial charge in [-0.2, -0.15) is 4.98 Å². The van der Waals surface area contributed by atoms with Gasteiger partial charge in [0.05, 0.1) is 27.9 Å². The molecule has 0 aliphatic rings. The second kappa shape index (κ2) is 12.3. The number of benzene rings is 2. The Bertz CT molecular complexity index is 1040. The fourth-order valence-corrected chi connectivity index (χ4v) is 3.06. The molecule has 0 spiro atoms. The summed E-state index contributed by atoms with van der Waals surface area (Å²) in [6.45, 7) is 0.788. The van der Waals surface area contributed by atoms with Crippen molar-refractivity contribution in [1.82, 2.24) is 20.8 Å². The van der Waals surface area contributed by atoms with Crippen LogP contribution in [0.4, 0.5) is 0 Å². The first-order valence-corrected chi connectivity index (χ1v) is 9.77. The molecule has 32 heavy (non-hydrogen) atoms. The summed E-state index contributed by atoms with van der Waals surface area (Å²) < 4.78 is 21.4. The summed E-state index contributed by atoms with van der Waals surface area (Å²) in [5.74, 6) is 3.17. The highest BCUT2D eigenvalue weighted by Gasteiger charge is 2.14. The number of rotatable bonds is 8. The van der Waals surface area contributed by atoms with Gasteiger partial charge in [-0.1, -0.05) is 28.9 Å². The molecule has 1 aromatic heterocycles. The minimum Gasteiger partial charge on any atom is -0.493 e. The Morgan fingerprint density at radius 2 is 1.72 bits per heavy atom. The number of nitrogens with zero attached hydrogens (tertiary/aromatic N) is 3. The molecule has 11 heteroatoms. The van der Waals surface area contributed by atoms with Crippen molar-refractivity contribution in [2.45, 2.75) is 13.1 Å². The lowest BCUT2D eigenvalue weighted by Crippen LogP contribution is -2.36. The van der Waals surface area contributed by atoms with E-state index in [1.54, 1.807) is 40.5 Å². The molecule has 0 aliphatic carbocycles. The average molecular weight is 574 g/mol. The summed E-state index contributed by atoms with van der Waals surface area (Å²) in [4.78, 5) is 8.60. The van der Waals surface area contributed by atoms with Crippen molar-refractivity contribution in [3.8, 4) is 28.6 Å². The van der Waals surface area contributed by atoms with Crippen molar-refractivity contribution in [2.75, 3.05) is 28.4 Å².